The van der Waals surface area contributed by atoms with Crippen LogP contribution in [-0.2, 0) is 4.74 Å². The van der Waals surface area contributed by atoms with E-state index in [2.05, 4.69) is 29.1 Å². The molecule has 0 amide bonds. The highest BCUT2D eigenvalue weighted by molar-refractivity contribution is 7.16. The quantitative estimate of drug-likeness (QED) is 0.934. The summed E-state index contributed by atoms with van der Waals surface area (Å²) >= 11 is 1.55. The van der Waals surface area contributed by atoms with Crippen LogP contribution in [0.25, 0.3) is 4.96 Å². The van der Waals surface area contributed by atoms with Gasteiger partial charge >= 0.3 is 0 Å². The third kappa shape index (κ3) is 2.70. The number of fused-ring (bicyclic) bond motifs is 1. The summed E-state index contributed by atoms with van der Waals surface area (Å²) in [6, 6.07) is -0.00996. The topological polar surface area (TPSA) is 78.3 Å². The molecule has 3 rings (SSSR count). The summed E-state index contributed by atoms with van der Waals surface area (Å²) in [6.07, 6.45) is 2.92. The van der Waals surface area contributed by atoms with Crippen LogP contribution in [0.3, 0.4) is 0 Å². The third-order valence-electron chi connectivity index (χ3n) is 3.66. The molecular weight excluding hydrogens is 274 g/mol. The lowest BCUT2D eigenvalue weighted by molar-refractivity contribution is 0.0831. The molecule has 1 aliphatic heterocycles. The SMILES string of the molecule is CC(C)CC(N)c1nn2c(C3CCOCC3)nnc2s1. The molecule has 1 unspecified atom stereocenters. The van der Waals surface area contributed by atoms with Gasteiger partial charge < -0.3 is 10.5 Å². The van der Waals surface area contributed by atoms with Crippen LogP contribution < -0.4 is 5.73 Å². The summed E-state index contributed by atoms with van der Waals surface area (Å²) in [5.74, 6) is 1.92. The van der Waals surface area contributed by atoms with Gasteiger partial charge in [0.1, 0.15) is 5.01 Å². The average molecular weight is 295 g/mol. The summed E-state index contributed by atoms with van der Waals surface area (Å²) in [6.45, 7) is 5.94. The Morgan fingerprint density at radius 3 is 2.80 bits per heavy atom. The molecule has 0 radical (unpaired) electrons. The zero-order chi connectivity index (χ0) is 14.1. The zero-order valence-electron chi connectivity index (χ0n) is 12.0. The molecule has 0 spiro atoms. The maximum Gasteiger partial charge on any atom is 0.234 e. The number of nitrogens with zero attached hydrogens (tertiary/aromatic N) is 4. The number of ether oxygens (including phenoxy) is 1. The number of hydrogen-bond donors (Lipinski definition) is 1. The van der Waals surface area contributed by atoms with Gasteiger partial charge in [0.05, 0.1) is 6.04 Å². The molecular formula is C13H21N5OS. The average Bonchev–Trinajstić information content (AvgIpc) is 2.98. The molecule has 1 fully saturated rings. The summed E-state index contributed by atoms with van der Waals surface area (Å²) in [5, 5.41) is 14.2. The molecule has 7 heteroatoms. The molecule has 0 bridgehead atoms. The monoisotopic (exact) mass is 295 g/mol. The van der Waals surface area contributed by atoms with E-state index in [4.69, 9.17) is 10.5 Å². The van der Waals surface area contributed by atoms with Crippen LogP contribution in [-0.4, -0.2) is 33.0 Å². The van der Waals surface area contributed by atoms with Crippen LogP contribution >= 0.6 is 11.3 Å². The molecule has 1 aliphatic rings. The lowest BCUT2D eigenvalue weighted by Crippen LogP contribution is -2.17. The normalized spacial score (nSPS) is 19.0. The Morgan fingerprint density at radius 1 is 1.35 bits per heavy atom. The molecule has 1 saturated heterocycles. The van der Waals surface area contributed by atoms with Gasteiger partial charge in [-0.1, -0.05) is 25.2 Å². The van der Waals surface area contributed by atoms with Crippen molar-refractivity contribution in [3.05, 3.63) is 10.8 Å². The number of hydrogen-bond acceptors (Lipinski definition) is 6. The van der Waals surface area contributed by atoms with Crippen LogP contribution in [0.4, 0.5) is 0 Å². The van der Waals surface area contributed by atoms with Crippen LogP contribution in [0, 0.1) is 5.92 Å². The second-order valence-electron chi connectivity index (χ2n) is 5.82. The van der Waals surface area contributed by atoms with E-state index >= 15 is 0 Å². The Morgan fingerprint density at radius 2 is 2.10 bits per heavy atom. The minimum atomic E-state index is -0.00996. The molecule has 1 atom stereocenters. The van der Waals surface area contributed by atoms with Crippen molar-refractivity contribution in [2.75, 3.05) is 13.2 Å². The van der Waals surface area contributed by atoms with Crippen molar-refractivity contribution in [1.29, 1.82) is 0 Å². The smallest absolute Gasteiger partial charge is 0.234 e. The fourth-order valence-electron chi connectivity index (χ4n) is 2.62. The molecule has 2 aromatic heterocycles. The standard InChI is InChI=1S/C13H21N5OS/c1-8(2)7-10(14)12-17-18-11(15-16-13(18)20-12)9-3-5-19-6-4-9/h8-10H,3-7,14H2,1-2H3. The van der Waals surface area contributed by atoms with Gasteiger partial charge in [-0.15, -0.1) is 10.2 Å². The van der Waals surface area contributed by atoms with E-state index in [0.29, 0.717) is 11.8 Å². The van der Waals surface area contributed by atoms with E-state index in [1.807, 2.05) is 4.52 Å². The van der Waals surface area contributed by atoms with Crippen molar-refractivity contribution in [3.63, 3.8) is 0 Å². The Bertz CT molecular complexity index is 572. The van der Waals surface area contributed by atoms with Gasteiger partial charge in [0.15, 0.2) is 5.82 Å². The molecule has 6 nitrogen and oxygen atoms in total. The minimum absolute atomic E-state index is 0.00996. The minimum Gasteiger partial charge on any atom is -0.381 e. The van der Waals surface area contributed by atoms with E-state index in [1.54, 1.807) is 11.3 Å². The summed E-state index contributed by atoms with van der Waals surface area (Å²) in [7, 11) is 0. The van der Waals surface area contributed by atoms with Gasteiger partial charge in [-0.05, 0) is 25.2 Å². The Kier molecular flexibility index (Phi) is 4.00. The van der Waals surface area contributed by atoms with E-state index in [9.17, 15) is 0 Å². The van der Waals surface area contributed by atoms with Crippen molar-refractivity contribution in [2.45, 2.75) is 45.1 Å². The number of aromatic nitrogens is 4. The second-order valence-corrected chi connectivity index (χ2v) is 6.80. The van der Waals surface area contributed by atoms with E-state index in [-0.39, 0.29) is 6.04 Å². The van der Waals surface area contributed by atoms with Gasteiger partial charge in [0, 0.05) is 19.1 Å². The van der Waals surface area contributed by atoms with E-state index in [1.165, 1.54) is 0 Å². The predicted octanol–water partition coefficient (Wildman–Crippen LogP) is 2.13. The van der Waals surface area contributed by atoms with Crippen LogP contribution in [0.1, 0.15) is 55.9 Å². The lowest BCUT2D eigenvalue weighted by atomic mass is 10.00. The van der Waals surface area contributed by atoms with Crippen molar-refractivity contribution < 1.29 is 4.74 Å². The largest absolute Gasteiger partial charge is 0.381 e. The molecule has 20 heavy (non-hydrogen) atoms. The fraction of sp³-hybridized carbons (Fsp3) is 0.769. The summed E-state index contributed by atoms with van der Waals surface area (Å²) in [4.78, 5) is 0.848. The predicted molar refractivity (Wildman–Crippen MR) is 77.8 cm³/mol. The van der Waals surface area contributed by atoms with Gasteiger partial charge in [-0.3, -0.25) is 0 Å². The van der Waals surface area contributed by atoms with Crippen molar-refractivity contribution in [1.82, 2.24) is 19.8 Å². The molecule has 0 aromatic carbocycles. The summed E-state index contributed by atoms with van der Waals surface area (Å²) in [5.41, 5.74) is 6.21. The van der Waals surface area contributed by atoms with Gasteiger partial charge in [0.25, 0.3) is 0 Å². The van der Waals surface area contributed by atoms with Crippen LogP contribution in [0.5, 0.6) is 0 Å². The van der Waals surface area contributed by atoms with Crippen LogP contribution in [0.15, 0.2) is 0 Å². The highest BCUT2D eigenvalue weighted by atomic mass is 32.1. The maximum atomic E-state index is 6.21. The van der Waals surface area contributed by atoms with Crippen molar-refractivity contribution in [3.8, 4) is 0 Å². The Hall–Kier alpha value is -1.05. The van der Waals surface area contributed by atoms with E-state index in [0.717, 1.165) is 48.3 Å². The molecule has 3 heterocycles. The van der Waals surface area contributed by atoms with Gasteiger partial charge in [0.2, 0.25) is 4.96 Å². The highest BCUT2D eigenvalue weighted by Gasteiger charge is 2.24. The third-order valence-corrected chi connectivity index (χ3v) is 4.69. The first kappa shape index (κ1) is 13.9. The molecule has 2 N–H and O–H groups in total. The Balaban J connectivity index is 1.86. The molecule has 110 valence electrons. The first-order valence-corrected chi connectivity index (χ1v) is 8.02. The van der Waals surface area contributed by atoms with Gasteiger partial charge in [-0.25, -0.2) is 0 Å². The molecule has 2 aromatic rings. The summed E-state index contributed by atoms with van der Waals surface area (Å²) < 4.78 is 7.29. The first-order valence-electron chi connectivity index (χ1n) is 7.20. The van der Waals surface area contributed by atoms with Crippen molar-refractivity contribution in [2.24, 2.45) is 11.7 Å². The van der Waals surface area contributed by atoms with Crippen molar-refractivity contribution >= 4 is 16.3 Å². The lowest BCUT2D eigenvalue weighted by Gasteiger charge is -2.19. The zero-order valence-corrected chi connectivity index (χ0v) is 12.8. The first-order chi connectivity index (χ1) is 9.65. The highest BCUT2D eigenvalue weighted by Crippen LogP contribution is 2.29. The Labute approximate surface area is 122 Å². The fourth-order valence-corrected chi connectivity index (χ4v) is 3.48. The van der Waals surface area contributed by atoms with Crippen LogP contribution in [0.2, 0.25) is 0 Å². The van der Waals surface area contributed by atoms with E-state index < -0.39 is 0 Å². The maximum absolute atomic E-state index is 6.21. The number of rotatable bonds is 4. The molecule has 0 aliphatic carbocycles. The second kappa shape index (κ2) is 5.75. The van der Waals surface area contributed by atoms with Gasteiger partial charge in [-0.2, -0.15) is 9.61 Å². The number of nitrogens with two attached hydrogens (primary N) is 1. The molecule has 0 saturated carbocycles.